The summed E-state index contributed by atoms with van der Waals surface area (Å²) >= 11 is 0. The fourth-order valence-electron chi connectivity index (χ4n) is 2.60. The van der Waals surface area contributed by atoms with Crippen molar-refractivity contribution in [1.82, 2.24) is 4.57 Å². The second-order valence-corrected chi connectivity index (χ2v) is 5.43. The molecule has 2 aromatic rings. The second kappa shape index (κ2) is 7.27. The topological polar surface area (TPSA) is 57.2 Å². The van der Waals surface area contributed by atoms with E-state index in [-0.39, 0.29) is 12.1 Å². The van der Waals surface area contributed by atoms with Gasteiger partial charge in [0, 0.05) is 18.7 Å². The van der Waals surface area contributed by atoms with Gasteiger partial charge in [0.1, 0.15) is 5.75 Å². The Bertz CT molecular complexity index is 687. The second-order valence-electron chi connectivity index (χ2n) is 5.43. The highest BCUT2D eigenvalue weighted by Gasteiger charge is 2.12. The van der Waals surface area contributed by atoms with Gasteiger partial charge in [-0.15, -0.1) is 0 Å². The first-order valence-electron chi connectivity index (χ1n) is 7.70. The van der Waals surface area contributed by atoms with Crippen LogP contribution in [0, 0.1) is 6.92 Å². The molecule has 0 spiro atoms. The Kier molecular flexibility index (Phi) is 5.39. The number of aromatic nitrogens is 1. The fourth-order valence-corrected chi connectivity index (χ4v) is 2.60. The van der Waals surface area contributed by atoms with E-state index < -0.39 is 0 Å². The molecule has 1 heterocycles. The van der Waals surface area contributed by atoms with Gasteiger partial charge in [-0.1, -0.05) is 13.3 Å². The van der Waals surface area contributed by atoms with E-state index in [1.165, 1.54) is 0 Å². The maximum Gasteiger partial charge on any atom is 0.255 e. The predicted octanol–water partition coefficient (Wildman–Crippen LogP) is 3.09. The third-order valence-electron chi connectivity index (χ3n) is 3.95. The summed E-state index contributed by atoms with van der Waals surface area (Å²) in [6, 6.07) is 9.85. The average Bonchev–Trinajstić information content (AvgIpc) is 2.54. The van der Waals surface area contributed by atoms with Crippen LogP contribution in [0.2, 0.25) is 0 Å². The van der Waals surface area contributed by atoms with Crippen molar-refractivity contribution >= 4 is 0 Å². The normalized spacial score (nSPS) is 10.7. The van der Waals surface area contributed by atoms with E-state index in [2.05, 4.69) is 13.0 Å². The summed E-state index contributed by atoms with van der Waals surface area (Å²) in [7, 11) is 1.65. The Morgan fingerprint density at radius 1 is 1.23 bits per heavy atom. The first kappa shape index (κ1) is 16.3. The summed E-state index contributed by atoms with van der Waals surface area (Å²) in [6.45, 7) is 5.06. The molecule has 0 saturated heterocycles. The predicted molar refractivity (Wildman–Crippen MR) is 90.2 cm³/mol. The van der Waals surface area contributed by atoms with Gasteiger partial charge in [-0.3, -0.25) is 4.79 Å². The van der Waals surface area contributed by atoms with Gasteiger partial charge in [0.05, 0.1) is 12.8 Å². The lowest BCUT2D eigenvalue weighted by molar-refractivity contribution is 0.415. The molecule has 0 aliphatic heterocycles. The van der Waals surface area contributed by atoms with Gasteiger partial charge in [0.25, 0.3) is 5.56 Å². The van der Waals surface area contributed by atoms with E-state index in [1.807, 2.05) is 35.8 Å². The van der Waals surface area contributed by atoms with Crippen LogP contribution in [0.4, 0.5) is 0 Å². The Morgan fingerprint density at radius 3 is 2.45 bits per heavy atom. The van der Waals surface area contributed by atoms with Gasteiger partial charge in [-0.25, -0.2) is 0 Å². The van der Waals surface area contributed by atoms with Crippen LogP contribution in [0.1, 0.15) is 30.9 Å². The molecule has 0 saturated carbocycles. The number of hydrogen-bond acceptors (Lipinski definition) is 3. The molecule has 2 N–H and O–H groups in total. The minimum Gasteiger partial charge on any atom is -0.497 e. The first-order chi connectivity index (χ1) is 10.6. The SMILES string of the molecule is CCCCn1c(-c2ccc(OC)cc2)cc(C)c(CN)c1=O. The Balaban J connectivity index is 2.59. The zero-order valence-corrected chi connectivity index (χ0v) is 13.6. The number of rotatable bonds is 6. The van der Waals surface area contributed by atoms with Crippen LogP contribution in [0.3, 0.4) is 0 Å². The molecule has 0 amide bonds. The van der Waals surface area contributed by atoms with E-state index >= 15 is 0 Å². The van der Waals surface area contributed by atoms with Gasteiger partial charge < -0.3 is 15.0 Å². The summed E-state index contributed by atoms with van der Waals surface area (Å²) in [5, 5.41) is 0. The molecule has 1 aromatic carbocycles. The van der Waals surface area contributed by atoms with E-state index in [1.54, 1.807) is 7.11 Å². The number of benzene rings is 1. The summed E-state index contributed by atoms with van der Waals surface area (Å²) in [4.78, 5) is 12.7. The molecule has 2 rings (SSSR count). The summed E-state index contributed by atoms with van der Waals surface area (Å²) < 4.78 is 7.05. The molecule has 4 heteroatoms. The molecule has 118 valence electrons. The first-order valence-corrected chi connectivity index (χ1v) is 7.70. The molecule has 0 fully saturated rings. The van der Waals surface area contributed by atoms with Crippen LogP contribution in [-0.2, 0) is 13.1 Å². The van der Waals surface area contributed by atoms with E-state index in [4.69, 9.17) is 10.5 Å². The minimum atomic E-state index is 0.0294. The van der Waals surface area contributed by atoms with Gasteiger partial charge in [-0.05, 0) is 54.8 Å². The molecule has 22 heavy (non-hydrogen) atoms. The standard InChI is InChI=1S/C18H24N2O2/c1-4-5-10-20-17(11-13(2)16(12-19)18(20)21)14-6-8-15(22-3)9-7-14/h6-9,11H,4-5,10,12,19H2,1-3H3. The molecule has 0 bridgehead atoms. The molecule has 0 atom stereocenters. The number of ether oxygens (including phenoxy) is 1. The lowest BCUT2D eigenvalue weighted by Crippen LogP contribution is -2.28. The molecular weight excluding hydrogens is 276 g/mol. The molecule has 0 unspecified atom stereocenters. The Hall–Kier alpha value is -2.07. The molecular formula is C18H24N2O2. The number of nitrogens with two attached hydrogens (primary N) is 1. The third-order valence-corrected chi connectivity index (χ3v) is 3.95. The molecule has 0 radical (unpaired) electrons. The lowest BCUT2D eigenvalue weighted by atomic mass is 10.0. The van der Waals surface area contributed by atoms with E-state index in [0.29, 0.717) is 12.1 Å². The van der Waals surface area contributed by atoms with Crippen LogP contribution in [0.25, 0.3) is 11.3 Å². The number of aryl methyl sites for hydroxylation is 1. The van der Waals surface area contributed by atoms with Crippen molar-refractivity contribution in [3.8, 4) is 17.0 Å². The molecule has 1 aromatic heterocycles. The van der Waals surface area contributed by atoms with Crippen LogP contribution >= 0.6 is 0 Å². The minimum absolute atomic E-state index is 0.0294. The highest BCUT2D eigenvalue weighted by molar-refractivity contribution is 5.62. The zero-order valence-electron chi connectivity index (χ0n) is 13.6. The van der Waals surface area contributed by atoms with Crippen LogP contribution < -0.4 is 16.0 Å². The van der Waals surface area contributed by atoms with Crippen LogP contribution in [0.5, 0.6) is 5.75 Å². The van der Waals surface area contributed by atoms with Crippen molar-refractivity contribution in [2.75, 3.05) is 7.11 Å². The van der Waals surface area contributed by atoms with E-state index in [0.717, 1.165) is 35.4 Å². The maximum atomic E-state index is 12.7. The number of methoxy groups -OCH3 is 1. The van der Waals surface area contributed by atoms with E-state index in [9.17, 15) is 4.79 Å². The Labute approximate surface area is 131 Å². The van der Waals surface area contributed by atoms with Gasteiger partial charge in [0.2, 0.25) is 0 Å². The molecule has 0 aliphatic rings. The van der Waals surface area contributed by atoms with Crippen molar-refractivity contribution in [2.45, 2.75) is 39.8 Å². The highest BCUT2D eigenvalue weighted by Crippen LogP contribution is 2.23. The molecule has 0 aliphatic carbocycles. The largest absolute Gasteiger partial charge is 0.497 e. The monoisotopic (exact) mass is 300 g/mol. The van der Waals surface area contributed by atoms with Crippen molar-refractivity contribution in [1.29, 1.82) is 0 Å². The van der Waals surface area contributed by atoms with Gasteiger partial charge >= 0.3 is 0 Å². The van der Waals surface area contributed by atoms with Crippen LogP contribution in [-0.4, -0.2) is 11.7 Å². The van der Waals surface area contributed by atoms with Crippen molar-refractivity contribution in [3.63, 3.8) is 0 Å². The zero-order chi connectivity index (χ0) is 16.1. The summed E-state index contributed by atoms with van der Waals surface area (Å²) in [5.74, 6) is 0.807. The van der Waals surface area contributed by atoms with Crippen molar-refractivity contribution in [2.24, 2.45) is 5.73 Å². The van der Waals surface area contributed by atoms with Gasteiger partial charge in [0.15, 0.2) is 0 Å². The fraction of sp³-hybridized carbons (Fsp3) is 0.389. The average molecular weight is 300 g/mol. The lowest BCUT2D eigenvalue weighted by Gasteiger charge is -2.16. The Morgan fingerprint density at radius 2 is 1.91 bits per heavy atom. The third kappa shape index (κ3) is 3.22. The quantitative estimate of drug-likeness (QED) is 0.892. The maximum absolute atomic E-state index is 12.7. The number of pyridine rings is 1. The van der Waals surface area contributed by atoms with Crippen molar-refractivity contribution in [3.05, 3.63) is 51.8 Å². The summed E-state index contributed by atoms with van der Waals surface area (Å²) in [6.07, 6.45) is 2.01. The number of unbranched alkanes of at least 4 members (excludes halogenated alkanes) is 1. The van der Waals surface area contributed by atoms with Crippen LogP contribution in [0.15, 0.2) is 35.1 Å². The smallest absolute Gasteiger partial charge is 0.255 e. The number of hydrogen-bond donors (Lipinski definition) is 1. The highest BCUT2D eigenvalue weighted by atomic mass is 16.5. The van der Waals surface area contributed by atoms with Gasteiger partial charge in [-0.2, -0.15) is 0 Å². The number of nitrogens with zero attached hydrogens (tertiary/aromatic N) is 1. The molecule has 4 nitrogen and oxygen atoms in total. The van der Waals surface area contributed by atoms with Crippen molar-refractivity contribution < 1.29 is 4.74 Å². The summed E-state index contributed by atoms with van der Waals surface area (Å²) in [5.41, 5.74) is 9.38.